The summed E-state index contributed by atoms with van der Waals surface area (Å²) in [4.78, 5) is 10.9. The summed E-state index contributed by atoms with van der Waals surface area (Å²) in [6.07, 6.45) is 5.17. The van der Waals surface area contributed by atoms with Crippen molar-refractivity contribution in [3.8, 4) is 0 Å². The van der Waals surface area contributed by atoms with Crippen LogP contribution in [0.4, 0.5) is 0 Å². The van der Waals surface area contributed by atoms with E-state index in [1.165, 1.54) is 16.3 Å². The Kier molecular flexibility index (Phi) is 2.22. The summed E-state index contributed by atoms with van der Waals surface area (Å²) < 4.78 is 0. The van der Waals surface area contributed by atoms with E-state index in [4.69, 9.17) is 5.11 Å². The van der Waals surface area contributed by atoms with Crippen LogP contribution in [-0.2, 0) is 17.6 Å². The van der Waals surface area contributed by atoms with E-state index in [2.05, 4.69) is 24.3 Å². The van der Waals surface area contributed by atoms with Gasteiger partial charge in [-0.1, -0.05) is 42.5 Å². The largest absolute Gasteiger partial charge is 0.481 e. The molecule has 1 N–H and O–H groups in total. The Labute approximate surface area is 99.2 Å². The Balaban J connectivity index is 2.31. The van der Waals surface area contributed by atoms with Crippen LogP contribution in [0.15, 0.2) is 36.4 Å². The third-order valence-electron chi connectivity index (χ3n) is 3.23. The average molecular weight is 224 g/mol. The first kappa shape index (κ1) is 10.1. The maximum atomic E-state index is 10.9. The van der Waals surface area contributed by atoms with Gasteiger partial charge >= 0.3 is 5.97 Å². The average Bonchev–Trinajstić information content (AvgIpc) is 2.33. The molecule has 0 saturated heterocycles. The predicted octanol–water partition coefficient (Wildman–Crippen LogP) is 3.04. The number of aliphatic carboxylic acids is 1. The molecule has 0 fully saturated rings. The zero-order chi connectivity index (χ0) is 11.8. The smallest absolute Gasteiger partial charge is 0.307 e. The lowest BCUT2D eigenvalue weighted by Gasteiger charge is -2.15. The van der Waals surface area contributed by atoms with Crippen molar-refractivity contribution >= 4 is 22.8 Å². The van der Waals surface area contributed by atoms with Gasteiger partial charge in [0.1, 0.15) is 0 Å². The van der Waals surface area contributed by atoms with Crippen molar-refractivity contribution in [2.24, 2.45) is 0 Å². The Morgan fingerprint density at radius 1 is 1.24 bits per heavy atom. The van der Waals surface area contributed by atoms with Crippen molar-refractivity contribution < 1.29 is 9.90 Å². The Morgan fingerprint density at radius 2 is 2.12 bits per heavy atom. The van der Waals surface area contributed by atoms with Gasteiger partial charge in [-0.3, -0.25) is 4.79 Å². The second-order valence-electron chi connectivity index (χ2n) is 4.33. The highest BCUT2D eigenvalue weighted by molar-refractivity contribution is 5.97. The number of hydrogen-bond acceptors (Lipinski definition) is 1. The first-order chi connectivity index (χ1) is 8.25. The second kappa shape index (κ2) is 3.74. The number of carboxylic acids is 1. The molecule has 2 aromatic rings. The van der Waals surface area contributed by atoms with Crippen LogP contribution in [0.5, 0.6) is 0 Å². The lowest BCUT2D eigenvalue weighted by atomic mass is 9.89. The van der Waals surface area contributed by atoms with Crippen LogP contribution in [0.3, 0.4) is 0 Å². The SMILES string of the molecule is O=C(O)Cc1ccc2cccc3c2c1C=CC3. The van der Waals surface area contributed by atoms with Crippen LogP contribution >= 0.6 is 0 Å². The molecule has 2 aromatic carbocycles. The Morgan fingerprint density at radius 3 is 2.94 bits per heavy atom. The molecular formula is C15H12O2. The highest BCUT2D eigenvalue weighted by Gasteiger charge is 2.13. The van der Waals surface area contributed by atoms with Crippen LogP contribution in [0.1, 0.15) is 16.7 Å². The maximum absolute atomic E-state index is 10.9. The molecule has 3 rings (SSSR count). The second-order valence-corrected chi connectivity index (χ2v) is 4.33. The minimum atomic E-state index is -0.781. The Hall–Kier alpha value is -2.09. The van der Waals surface area contributed by atoms with Crippen molar-refractivity contribution in [1.29, 1.82) is 0 Å². The number of allylic oxidation sites excluding steroid dienone is 1. The minimum absolute atomic E-state index is 0.0872. The van der Waals surface area contributed by atoms with E-state index >= 15 is 0 Å². The predicted molar refractivity (Wildman–Crippen MR) is 68.0 cm³/mol. The zero-order valence-corrected chi connectivity index (χ0v) is 9.31. The van der Waals surface area contributed by atoms with Gasteiger partial charge in [-0.25, -0.2) is 0 Å². The van der Waals surface area contributed by atoms with Gasteiger partial charge in [0.2, 0.25) is 0 Å². The van der Waals surface area contributed by atoms with E-state index < -0.39 is 5.97 Å². The molecule has 0 aromatic heterocycles. The fraction of sp³-hybridized carbons (Fsp3) is 0.133. The van der Waals surface area contributed by atoms with E-state index in [1.54, 1.807) is 0 Å². The Bertz CT molecular complexity index is 639. The quantitative estimate of drug-likeness (QED) is 0.851. The maximum Gasteiger partial charge on any atom is 0.307 e. The number of carboxylic acid groups (broad SMARTS) is 1. The van der Waals surface area contributed by atoms with Gasteiger partial charge in [-0.15, -0.1) is 0 Å². The molecule has 0 saturated carbocycles. The van der Waals surface area contributed by atoms with Crippen molar-refractivity contribution in [1.82, 2.24) is 0 Å². The van der Waals surface area contributed by atoms with E-state index in [-0.39, 0.29) is 6.42 Å². The molecule has 2 nitrogen and oxygen atoms in total. The van der Waals surface area contributed by atoms with Gasteiger partial charge in [0.05, 0.1) is 6.42 Å². The lowest BCUT2D eigenvalue weighted by molar-refractivity contribution is -0.136. The lowest BCUT2D eigenvalue weighted by Crippen LogP contribution is -2.04. The van der Waals surface area contributed by atoms with Crippen molar-refractivity contribution in [2.45, 2.75) is 12.8 Å². The fourth-order valence-corrected chi connectivity index (χ4v) is 2.51. The highest BCUT2D eigenvalue weighted by atomic mass is 16.4. The van der Waals surface area contributed by atoms with Crippen LogP contribution < -0.4 is 0 Å². The molecular weight excluding hydrogens is 212 g/mol. The summed E-state index contributed by atoms with van der Waals surface area (Å²) in [5, 5.41) is 11.3. The summed E-state index contributed by atoms with van der Waals surface area (Å²) in [5.74, 6) is -0.781. The standard InChI is InChI=1S/C15H12O2/c16-14(17)9-12-8-7-11-4-1-3-10-5-2-6-13(12)15(10)11/h1-4,6-8H,5,9H2,(H,16,17). The summed E-state index contributed by atoms with van der Waals surface area (Å²) in [6, 6.07) is 10.2. The van der Waals surface area contributed by atoms with Gasteiger partial charge in [0.25, 0.3) is 0 Å². The zero-order valence-electron chi connectivity index (χ0n) is 9.31. The van der Waals surface area contributed by atoms with Crippen molar-refractivity contribution in [2.75, 3.05) is 0 Å². The molecule has 0 aliphatic heterocycles. The molecule has 1 aliphatic carbocycles. The van der Waals surface area contributed by atoms with Crippen LogP contribution in [0.25, 0.3) is 16.8 Å². The van der Waals surface area contributed by atoms with Gasteiger partial charge in [-0.2, -0.15) is 0 Å². The summed E-state index contributed by atoms with van der Waals surface area (Å²) in [6.45, 7) is 0. The first-order valence-electron chi connectivity index (χ1n) is 5.67. The van der Waals surface area contributed by atoms with Gasteiger partial charge in [0.15, 0.2) is 0 Å². The van der Waals surface area contributed by atoms with E-state index in [0.717, 1.165) is 17.5 Å². The molecule has 0 heterocycles. The molecule has 0 radical (unpaired) electrons. The van der Waals surface area contributed by atoms with Gasteiger partial charge in [0, 0.05) is 0 Å². The van der Waals surface area contributed by atoms with Crippen LogP contribution in [0, 0.1) is 0 Å². The van der Waals surface area contributed by atoms with E-state index in [9.17, 15) is 4.79 Å². The monoisotopic (exact) mass is 224 g/mol. The summed E-state index contributed by atoms with van der Waals surface area (Å²) in [5.41, 5.74) is 3.26. The molecule has 1 aliphatic rings. The van der Waals surface area contributed by atoms with Crippen molar-refractivity contribution in [3.63, 3.8) is 0 Å². The third kappa shape index (κ3) is 1.62. The normalized spacial score (nSPS) is 12.9. The number of rotatable bonds is 2. The number of carbonyl (C=O) groups is 1. The topological polar surface area (TPSA) is 37.3 Å². The van der Waals surface area contributed by atoms with Crippen molar-refractivity contribution in [3.05, 3.63) is 53.1 Å². The molecule has 0 unspecified atom stereocenters. The molecule has 2 heteroatoms. The molecule has 0 atom stereocenters. The van der Waals surface area contributed by atoms with E-state index in [1.807, 2.05) is 18.2 Å². The third-order valence-corrected chi connectivity index (χ3v) is 3.23. The van der Waals surface area contributed by atoms with Gasteiger partial charge in [-0.05, 0) is 33.9 Å². The molecule has 0 bridgehead atoms. The summed E-state index contributed by atoms with van der Waals surface area (Å²) >= 11 is 0. The fourth-order valence-electron chi connectivity index (χ4n) is 2.51. The highest BCUT2D eigenvalue weighted by Crippen LogP contribution is 2.31. The molecule has 84 valence electrons. The first-order valence-corrected chi connectivity index (χ1v) is 5.67. The van der Waals surface area contributed by atoms with Crippen LogP contribution in [-0.4, -0.2) is 11.1 Å². The molecule has 0 spiro atoms. The molecule has 17 heavy (non-hydrogen) atoms. The van der Waals surface area contributed by atoms with Gasteiger partial charge < -0.3 is 5.11 Å². The van der Waals surface area contributed by atoms with Crippen LogP contribution in [0.2, 0.25) is 0 Å². The number of hydrogen-bond donors (Lipinski definition) is 1. The van der Waals surface area contributed by atoms with E-state index in [0.29, 0.717) is 0 Å². The molecule has 0 amide bonds. The number of benzene rings is 2. The minimum Gasteiger partial charge on any atom is -0.481 e. The summed E-state index contributed by atoms with van der Waals surface area (Å²) in [7, 11) is 0.